The molecule has 1 fully saturated rings. The first-order valence-electron chi connectivity index (χ1n) is 7.45. The van der Waals surface area contributed by atoms with Crippen LogP contribution in [0.1, 0.15) is 45.6 Å². The average molecular weight is 277 g/mol. The van der Waals surface area contributed by atoms with E-state index in [1.807, 2.05) is 13.1 Å². The van der Waals surface area contributed by atoms with Crippen LogP contribution in [-0.4, -0.2) is 30.4 Å². The van der Waals surface area contributed by atoms with Crippen LogP contribution in [0.3, 0.4) is 0 Å². The summed E-state index contributed by atoms with van der Waals surface area (Å²) in [4.78, 5) is 0. The third kappa shape index (κ3) is 3.33. The number of rotatable bonds is 4. The normalized spacial score (nSPS) is 26.8. The Morgan fingerprint density at radius 1 is 1.40 bits per heavy atom. The van der Waals surface area contributed by atoms with Gasteiger partial charge in [-0.2, -0.15) is 0 Å². The second kappa shape index (κ2) is 5.74. The van der Waals surface area contributed by atoms with Gasteiger partial charge >= 0.3 is 0 Å². The van der Waals surface area contributed by atoms with Gasteiger partial charge in [-0.05, 0) is 43.0 Å². The zero-order valence-electron chi connectivity index (χ0n) is 13.1. The van der Waals surface area contributed by atoms with Gasteiger partial charge in [0.15, 0.2) is 0 Å². The lowest BCUT2D eigenvalue weighted by molar-refractivity contribution is 0.146. The molecule has 0 spiro atoms. The molecule has 2 N–H and O–H groups in total. The highest BCUT2D eigenvalue weighted by atomic mass is 16.5. The number of benzene rings is 1. The summed E-state index contributed by atoms with van der Waals surface area (Å²) in [5.41, 5.74) is 1.26. The van der Waals surface area contributed by atoms with Gasteiger partial charge in [0.25, 0.3) is 0 Å². The van der Waals surface area contributed by atoms with Gasteiger partial charge in [0.2, 0.25) is 0 Å². The first kappa shape index (κ1) is 15.3. The maximum absolute atomic E-state index is 9.53. The quantitative estimate of drug-likeness (QED) is 0.889. The fraction of sp³-hybridized carbons (Fsp3) is 0.647. The zero-order valence-corrected chi connectivity index (χ0v) is 13.1. The Kier molecular flexibility index (Phi) is 4.40. The standard InChI is InChI=1S/C17H27NO2/c1-16(2,3)13-6-5-7-14(10-13)20-15-8-9-17(11-15,12-19)18-4/h5-7,10,15,18-19H,8-9,11-12H2,1-4H3. The van der Waals surface area contributed by atoms with E-state index >= 15 is 0 Å². The van der Waals surface area contributed by atoms with Crippen LogP contribution < -0.4 is 10.1 Å². The molecule has 0 bridgehead atoms. The van der Waals surface area contributed by atoms with Crippen molar-refractivity contribution < 1.29 is 9.84 Å². The van der Waals surface area contributed by atoms with Crippen LogP contribution in [0.4, 0.5) is 0 Å². The molecule has 112 valence electrons. The van der Waals surface area contributed by atoms with Gasteiger partial charge in [-0.3, -0.25) is 0 Å². The van der Waals surface area contributed by atoms with E-state index < -0.39 is 0 Å². The lowest BCUT2D eigenvalue weighted by atomic mass is 9.87. The molecular weight excluding hydrogens is 250 g/mol. The van der Waals surface area contributed by atoms with E-state index in [0.29, 0.717) is 0 Å². The molecule has 0 heterocycles. The summed E-state index contributed by atoms with van der Waals surface area (Å²) in [6.45, 7) is 6.80. The fourth-order valence-corrected chi connectivity index (χ4v) is 2.86. The predicted molar refractivity (Wildman–Crippen MR) is 82.3 cm³/mol. The Hall–Kier alpha value is -1.06. The van der Waals surface area contributed by atoms with Gasteiger partial charge in [0.05, 0.1) is 6.61 Å². The molecule has 20 heavy (non-hydrogen) atoms. The summed E-state index contributed by atoms with van der Waals surface area (Å²) in [5.74, 6) is 0.937. The van der Waals surface area contributed by atoms with E-state index in [4.69, 9.17) is 4.74 Å². The maximum atomic E-state index is 9.53. The van der Waals surface area contributed by atoms with Crippen LogP contribution in [-0.2, 0) is 5.41 Å². The highest BCUT2D eigenvalue weighted by Gasteiger charge is 2.38. The van der Waals surface area contributed by atoms with E-state index in [2.05, 4.69) is 44.3 Å². The number of aliphatic hydroxyl groups is 1. The number of ether oxygens (including phenoxy) is 1. The summed E-state index contributed by atoms with van der Waals surface area (Å²) in [7, 11) is 1.92. The van der Waals surface area contributed by atoms with Gasteiger partial charge in [-0.25, -0.2) is 0 Å². The zero-order chi connectivity index (χ0) is 14.8. The van der Waals surface area contributed by atoms with Gasteiger partial charge in [-0.1, -0.05) is 32.9 Å². The summed E-state index contributed by atoms with van der Waals surface area (Å²) < 4.78 is 6.12. The topological polar surface area (TPSA) is 41.5 Å². The van der Waals surface area contributed by atoms with E-state index in [-0.39, 0.29) is 23.7 Å². The lowest BCUT2D eigenvalue weighted by Crippen LogP contribution is -2.44. The molecule has 0 aromatic heterocycles. The number of nitrogens with one attached hydrogen (secondary N) is 1. The van der Waals surface area contributed by atoms with Crippen molar-refractivity contribution in [2.24, 2.45) is 0 Å². The second-order valence-corrected chi connectivity index (χ2v) is 6.95. The van der Waals surface area contributed by atoms with Crippen LogP contribution in [0.15, 0.2) is 24.3 Å². The monoisotopic (exact) mass is 277 g/mol. The molecule has 2 atom stereocenters. The van der Waals surface area contributed by atoms with Crippen molar-refractivity contribution in [1.29, 1.82) is 0 Å². The van der Waals surface area contributed by atoms with Crippen LogP contribution in [0.5, 0.6) is 5.75 Å². The first-order chi connectivity index (χ1) is 9.38. The minimum Gasteiger partial charge on any atom is -0.490 e. The largest absolute Gasteiger partial charge is 0.490 e. The molecule has 1 aromatic carbocycles. The first-order valence-corrected chi connectivity index (χ1v) is 7.45. The Morgan fingerprint density at radius 2 is 2.15 bits per heavy atom. The Balaban J connectivity index is 2.05. The summed E-state index contributed by atoms with van der Waals surface area (Å²) in [5, 5.41) is 12.8. The molecule has 0 aliphatic heterocycles. The van der Waals surface area contributed by atoms with E-state index in [9.17, 15) is 5.11 Å². The number of hydrogen-bond donors (Lipinski definition) is 2. The lowest BCUT2D eigenvalue weighted by Gasteiger charge is -2.26. The number of aliphatic hydroxyl groups excluding tert-OH is 1. The van der Waals surface area contributed by atoms with Gasteiger partial charge in [0, 0.05) is 12.0 Å². The van der Waals surface area contributed by atoms with Gasteiger partial charge in [0.1, 0.15) is 11.9 Å². The molecule has 0 amide bonds. The highest BCUT2D eigenvalue weighted by Crippen LogP contribution is 2.33. The molecule has 0 saturated heterocycles. The minimum absolute atomic E-state index is 0.134. The van der Waals surface area contributed by atoms with Crippen molar-refractivity contribution in [3.8, 4) is 5.75 Å². The summed E-state index contributed by atoms with van der Waals surface area (Å²) in [6, 6.07) is 8.36. The van der Waals surface area contributed by atoms with Gasteiger partial charge < -0.3 is 15.2 Å². The molecule has 1 aromatic rings. The third-order valence-corrected chi connectivity index (χ3v) is 4.40. The van der Waals surface area contributed by atoms with Gasteiger partial charge in [-0.15, -0.1) is 0 Å². The molecular formula is C17H27NO2. The van der Waals surface area contributed by atoms with E-state index in [0.717, 1.165) is 25.0 Å². The van der Waals surface area contributed by atoms with E-state index in [1.54, 1.807) is 0 Å². The molecule has 2 unspecified atom stereocenters. The Bertz CT molecular complexity index is 447. The Morgan fingerprint density at radius 3 is 2.70 bits per heavy atom. The second-order valence-electron chi connectivity index (χ2n) is 6.95. The Labute approximate surface area is 122 Å². The third-order valence-electron chi connectivity index (χ3n) is 4.40. The smallest absolute Gasteiger partial charge is 0.120 e. The van der Waals surface area contributed by atoms with Crippen molar-refractivity contribution in [2.75, 3.05) is 13.7 Å². The maximum Gasteiger partial charge on any atom is 0.120 e. The minimum atomic E-state index is -0.160. The van der Waals surface area contributed by atoms with Crippen LogP contribution in [0, 0.1) is 0 Å². The number of hydrogen-bond acceptors (Lipinski definition) is 3. The molecule has 0 radical (unpaired) electrons. The van der Waals surface area contributed by atoms with Crippen molar-refractivity contribution in [1.82, 2.24) is 5.32 Å². The molecule has 2 rings (SSSR count). The van der Waals surface area contributed by atoms with Crippen molar-refractivity contribution >= 4 is 0 Å². The van der Waals surface area contributed by atoms with Crippen LogP contribution >= 0.6 is 0 Å². The molecule has 1 aliphatic rings. The molecule has 1 saturated carbocycles. The SMILES string of the molecule is CNC1(CO)CCC(Oc2cccc(C(C)(C)C)c2)C1. The van der Waals surface area contributed by atoms with E-state index in [1.165, 1.54) is 5.56 Å². The van der Waals surface area contributed by atoms with Crippen molar-refractivity contribution in [3.63, 3.8) is 0 Å². The molecule has 3 heteroatoms. The summed E-state index contributed by atoms with van der Waals surface area (Å²) >= 11 is 0. The number of likely N-dealkylation sites (N-methyl/N-ethyl adjacent to an activating group) is 1. The van der Waals surface area contributed by atoms with Crippen molar-refractivity contribution in [2.45, 2.75) is 57.1 Å². The molecule has 1 aliphatic carbocycles. The predicted octanol–water partition coefficient (Wildman–Crippen LogP) is 2.87. The summed E-state index contributed by atoms with van der Waals surface area (Å²) in [6.07, 6.45) is 3.00. The highest BCUT2D eigenvalue weighted by molar-refractivity contribution is 5.32. The van der Waals surface area contributed by atoms with Crippen molar-refractivity contribution in [3.05, 3.63) is 29.8 Å². The molecule has 3 nitrogen and oxygen atoms in total. The average Bonchev–Trinajstić information content (AvgIpc) is 2.82. The van der Waals surface area contributed by atoms with Crippen LogP contribution in [0.25, 0.3) is 0 Å². The fourth-order valence-electron chi connectivity index (χ4n) is 2.86. The van der Waals surface area contributed by atoms with Crippen LogP contribution in [0.2, 0.25) is 0 Å².